The van der Waals surface area contributed by atoms with Crippen LogP contribution in [0.25, 0.3) is 28.0 Å². The maximum absolute atomic E-state index is 14.4. The lowest BCUT2D eigenvalue weighted by Crippen LogP contribution is -2.10. The van der Waals surface area contributed by atoms with E-state index in [0.717, 1.165) is 17.8 Å². The zero-order chi connectivity index (χ0) is 24.9. The van der Waals surface area contributed by atoms with Crippen LogP contribution in [-0.4, -0.2) is 24.7 Å². The van der Waals surface area contributed by atoms with Gasteiger partial charge in [-0.25, -0.2) is 13.2 Å². The lowest BCUT2D eigenvalue weighted by Gasteiger charge is -2.11. The Morgan fingerprint density at radius 3 is 2.34 bits per heavy atom. The molecule has 4 N–H and O–H groups in total. The zero-order valence-corrected chi connectivity index (χ0v) is 19.0. The van der Waals surface area contributed by atoms with Gasteiger partial charge in [-0.15, -0.1) is 0 Å². The first-order valence-electron chi connectivity index (χ1n) is 10.4. The molecule has 0 fully saturated rings. The average Bonchev–Trinajstić information content (AvgIpc) is 3.17. The Bertz CT molecular complexity index is 1580. The maximum atomic E-state index is 14.4. The van der Waals surface area contributed by atoms with Crippen molar-refractivity contribution in [2.24, 2.45) is 0 Å². The van der Waals surface area contributed by atoms with Crippen LogP contribution in [0.15, 0.2) is 48.7 Å². The van der Waals surface area contributed by atoms with Crippen LogP contribution in [-0.2, 0) is 6.42 Å². The van der Waals surface area contributed by atoms with E-state index in [9.17, 15) is 13.2 Å². The van der Waals surface area contributed by atoms with Crippen molar-refractivity contribution >= 4 is 34.1 Å². The second kappa shape index (κ2) is 8.55. The molecule has 5 rings (SSSR count). The average molecular weight is 496 g/mol. The molecule has 3 aromatic heterocycles. The van der Waals surface area contributed by atoms with Crippen molar-refractivity contribution in [3.05, 3.63) is 88.1 Å². The van der Waals surface area contributed by atoms with E-state index in [-0.39, 0.29) is 29.7 Å². The highest BCUT2D eigenvalue weighted by Gasteiger charge is 2.21. The SMILES string of the molecule is Cc1ccc(-c2c(N)nc(-n3nc(Cc4c(F)ccc(F)c4F)c4cc(Cl)ccc43)nc2N)cn1. The van der Waals surface area contributed by atoms with Gasteiger partial charge in [-0.05, 0) is 43.3 Å². The molecule has 0 radical (unpaired) electrons. The quantitative estimate of drug-likeness (QED) is 0.339. The van der Waals surface area contributed by atoms with Crippen molar-refractivity contribution in [3.8, 4) is 17.1 Å². The van der Waals surface area contributed by atoms with Gasteiger partial charge in [0.2, 0.25) is 0 Å². The molecule has 0 aliphatic carbocycles. The van der Waals surface area contributed by atoms with Gasteiger partial charge < -0.3 is 11.5 Å². The summed E-state index contributed by atoms with van der Waals surface area (Å²) in [5.74, 6) is -3.10. The van der Waals surface area contributed by atoms with Crippen molar-refractivity contribution in [3.63, 3.8) is 0 Å². The fourth-order valence-electron chi connectivity index (χ4n) is 3.82. The van der Waals surface area contributed by atoms with E-state index in [1.54, 1.807) is 30.5 Å². The lowest BCUT2D eigenvalue weighted by molar-refractivity contribution is 0.482. The number of hydrogen-bond donors (Lipinski definition) is 2. The van der Waals surface area contributed by atoms with E-state index in [1.165, 1.54) is 4.68 Å². The third-order valence-electron chi connectivity index (χ3n) is 5.54. The molecule has 0 amide bonds. The fourth-order valence-corrected chi connectivity index (χ4v) is 4.00. The van der Waals surface area contributed by atoms with E-state index in [1.807, 2.05) is 13.0 Å². The summed E-state index contributed by atoms with van der Waals surface area (Å²) in [6, 6.07) is 10.1. The third kappa shape index (κ3) is 4.01. The summed E-state index contributed by atoms with van der Waals surface area (Å²) >= 11 is 6.16. The third-order valence-corrected chi connectivity index (χ3v) is 5.78. The molecule has 3 heterocycles. The number of hydrogen-bond acceptors (Lipinski definition) is 6. The number of halogens is 4. The van der Waals surface area contributed by atoms with Gasteiger partial charge in [0.1, 0.15) is 17.5 Å². The maximum Gasteiger partial charge on any atom is 0.255 e. The van der Waals surface area contributed by atoms with E-state index >= 15 is 0 Å². The van der Waals surface area contributed by atoms with Crippen molar-refractivity contribution < 1.29 is 13.2 Å². The molecule has 0 saturated carbocycles. The standard InChI is InChI=1S/C24H17ClF3N7/c1-11-2-3-12(10-31-11)20-22(29)32-24(33-23(20)30)35-19-7-4-13(25)8-15(19)18(34-35)9-14-16(26)5-6-17(27)21(14)28/h2-8,10H,9H2,1H3,(H4,29,30,32,33). The first-order valence-corrected chi connectivity index (χ1v) is 10.8. The second-order valence-electron chi connectivity index (χ2n) is 7.88. The molecule has 176 valence electrons. The number of nitrogens with two attached hydrogens (primary N) is 2. The van der Waals surface area contributed by atoms with Gasteiger partial charge in [0.15, 0.2) is 11.6 Å². The van der Waals surface area contributed by atoms with Gasteiger partial charge in [0, 0.05) is 39.8 Å². The van der Waals surface area contributed by atoms with Gasteiger partial charge in [-0.1, -0.05) is 17.7 Å². The van der Waals surface area contributed by atoms with Crippen LogP contribution in [0, 0.1) is 24.4 Å². The lowest BCUT2D eigenvalue weighted by atomic mass is 10.1. The van der Waals surface area contributed by atoms with Crippen LogP contribution < -0.4 is 11.5 Å². The highest BCUT2D eigenvalue weighted by Crippen LogP contribution is 2.32. The van der Waals surface area contributed by atoms with Crippen LogP contribution in [0.1, 0.15) is 17.0 Å². The number of nitrogens with zero attached hydrogens (tertiary/aromatic N) is 5. The molecule has 0 spiro atoms. The molecular weight excluding hydrogens is 479 g/mol. The minimum Gasteiger partial charge on any atom is -0.383 e. The highest BCUT2D eigenvalue weighted by atomic mass is 35.5. The van der Waals surface area contributed by atoms with E-state index in [0.29, 0.717) is 27.1 Å². The summed E-state index contributed by atoms with van der Waals surface area (Å²) in [7, 11) is 0. The first-order chi connectivity index (χ1) is 16.7. The largest absolute Gasteiger partial charge is 0.383 e. The van der Waals surface area contributed by atoms with Gasteiger partial charge in [-0.2, -0.15) is 19.7 Å². The van der Waals surface area contributed by atoms with Crippen molar-refractivity contribution in [1.29, 1.82) is 0 Å². The molecule has 0 atom stereocenters. The summed E-state index contributed by atoms with van der Waals surface area (Å²) in [4.78, 5) is 13.0. The first kappa shape index (κ1) is 22.6. The molecule has 5 aromatic rings. The number of aryl methyl sites for hydroxylation is 1. The zero-order valence-electron chi connectivity index (χ0n) is 18.2. The van der Waals surface area contributed by atoms with Gasteiger partial charge in [0.25, 0.3) is 5.95 Å². The molecule has 0 aliphatic heterocycles. The monoisotopic (exact) mass is 495 g/mol. The summed E-state index contributed by atoms with van der Waals surface area (Å²) < 4.78 is 43.8. The molecule has 0 bridgehead atoms. The minimum absolute atomic E-state index is 0.0441. The number of anilines is 2. The molecule has 2 aromatic carbocycles. The van der Waals surface area contributed by atoms with Crippen molar-refractivity contribution in [1.82, 2.24) is 24.7 Å². The Labute approximate surface area is 202 Å². The van der Waals surface area contributed by atoms with Crippen LogP contribution in [0.3, 0.4) is 0 Å². The molecule has 0 saturated heterocycles. The number of pyridine rings is 1. The Morgan fingerprint density at radius 2 is 1.66 bits per heavy atom. The van der Waals surface area contributed by atoms with Crippen LogP contribution >= 0.6 is 11.6 Å². The van der Waals surface area contributed by atoms with Crippen LogP contribution in [0.4, 0.5) is 24.8 Å². The predicted octanol–water partition coefficient (Wildman–Crippen LogP) is 5.01. The predicted molar refractivity (Wildman–Crippen MR) is 128 cm³/mol. The summed E-state index contributed by atoms with van der Waals surface area (Å²) in [6.45, 7) is 1.85. The van der Waals surface area contributed by atoms with E-state index in [2.05, 4.69) is 20.1 Å². The fraction of sp³-hybridized carbons (Fsp3) is 0.0833. The number of nitrogen functional groups attached to an aromatic ring is 2. The van der Waals surface area contributed by atoms with Crippen LogP contribution in [0.2, 0.25) is 5.02 Å². The summed E-state index contributed by atoms with van der Waals surface area (Å²) in [6.07, 6.45) is 1.28. The van der Waals surface area contributed by atoms with E-state index in [4.69, 9.17) is 23.1 Å². The van der Waals surface area contributed by atoms with Crippen LogP contribution in [0.5, 0.6) is 0 Å². The minimum atomic E-state index is -1.28. The smallest absolute Gasteiger partial charge is 0.255 e. The van der Waals surface area contributed by atoms with Gasteiger partial charge in [-0.3, -0.25) is 4.98 Å². The number of fused-ring (bicyclic) bond motifs is 1. The molecule has 11 heteroatoms. The number of rotatable bonds is 4. The normalized spacial score (nSPS) is 11.3. The Kier molecular flexibility index (Phi) is 5.52. The highest BCUT2D eigenvalue weighted by molar-refractivity contribution is 6.31. The van der Waals surface area contributed by atoms with Crippen molar-refractivity contribution in [2.45, 2.75) is 13.3 Å². The molecule has 35 heavy (non-hydrogen) atoms. The Hall–Kier alpha value is -4.18. The Morgan fingerprint density at radius 1 is 0.943 bits per heavy atom. The molecule has 7 nitrogen and oxygen atoms in total. The van der Waals surface area contributed by atoms with E-state index < -0.39 is 23.0 Å². The molecule has 0 aliphatic rings. The number of benzene rings is 2. The van der Waals surface area contributed by atoms with Gasteiger partial charge in [0.05, 0.1) is 16.8 Å². The molecular formula is C24H17ClF3N7. The van der Waals surface area contributed by atoms with Crippen molar-refractivity contribution in [2.75, 3.05) is 11.5 Å². The topological polar surface area (TPSA) is 109 Å². The second-order valence-corrected chi connectivity index (χ2v) is 8.31. The number of aromatic nitrogens is 5. The Balaban J connectivity index is 1.66. The van der Waals surface area contributed by atoms with Gasteiger partial charge >= 0.3 is 0 Å². The molecule has 0 unspecified atom stereocenters. The summed E-state index contributed by atoms with van der Waals surface area (Å²) in [5, 5.41) is 5.31. The summed E-state index contributed by atoms with van der Waals surface area (Å²) in [5.41, 5.74) is 14.6.